The minimum Gasteiger partial charge on any atom is -0.497 e. The highest BCUT2D eigenvalue weighted by molar-refractivity contribution is 5.84. The van der Waals surface area contributed by atoms with Crippen LogP contribution in [0.1, 0.15) is 0 Å². The molecule has 400 valence electrons. The highest BCUT2D eigenvalue weighted by atomic mass is 16.5. The van der Waals surface area contributed by atoms with Crippen LogP contribution in [0.4, 0.5) is 62.6 Å². The summed E-state index contributed by atoms with van der Waals surface area (Å²) in [5.74, 6) is 4.05. The van der Waals surface area contributed by atoms with Gasteiger partial charge in [-0.1, -0.05) is 72.8 Å². The fraction of sp³-hybridized carbons (Fsp3) is 0.0833. The van der Waals surface area contributed by atoms with Gasteiger partial charge in [0.2, 0.25) is 0 Å². The van der Waals surface area contributed by atoms with E-state index in [1.165, 1.54) is 0 Å². The molecular formula is C72H62N4O5. The van der Waals surface area contributed by atoms with Crippen molar-refractivity contribution < 1.29 is 23.7 Å². The van der Waals surface area contributed by atoms with Crippen LogP contribution in [0.15, 0.2) is 267 Å². The van der Waals surface area contributed by atoms with Crippen molar-refractivity contribution in [3.05, 3.63) is 267 Å². The van der Waals surface area contributed by atoms with Crippen LogP contribution in [0.3, 0.4) is 0 Å². The predicted octanol–water partition coefficient (Wildman–Crippen LogP) is 18.9. The van der Waals surface area contributed by atoms with Crippen molar-refractivity contribution in [2.75, 3.05) is 62.2 Å². The molecule has 0 heterocycles. The van der Waals surface area contributed by atoms with E-state index < -0.39 is 0 Å². The summed E-state index contributed by atoms with van der Waals surface area (Å²) in [6, 6.07) is 93.1. The molecule has 0 N–H and O–H groups in total. The topological polar surface area (TPSA) is 59.1 Å². The molecule has 0 radical (unpaired) electrons. The molecule has 0 saturated heterocycles. The first-order valence-corrected chi connectivity index (χ1v) is 26.8. The Kier molecular flexibility index (Phi) is 15.7. The van der Waals surface area contributed by atoms with Gasteiger partial charge in [0.1, 0.15) is 28.7 Å². The van der Waals surface area contributed by atoms with Crippen molar-refractivity contribution >= 4 is 62.6 Å². The fourth-order valence-electron chi connectivity index (χ4n) is 10.1. The zero-order valence-corrected chi connectivity index (χ0v) is 46.2. The number of anilines is 11. The third kappa shape index (κ3) is 11.6. The number of methoxy groups -OCH3 is 5. The minimum atomic E-state index is 0.799. The lowest BCUT2D eigenvalue weighted by molar-refractivity contribution is 0.414. The summed E-state index contributed by atoms with van der Waals surface area (Å²) in [7, 11) is 10.5. The molecule has 0 unspecified atom stereocenters. The molecule has 81 heavy (non-hydrogen) atoms. The van der Waals surface area contributed by atoms with Crippen LogP contribution < -0.4 is 43.3 Å². The van der Waals surface area contributed by atoms with Gasteiger partial charge >= 0.3 is 0 Å². The Balaban J connectivity index is 0.832. The maximum absolute atomic E-state index is 5.57. The molecule has 0 amide bonds. The molecule has 9 heteroatoms. The normalized spacial score (nSPS) is 10.8. The molecule has 11 aromatic rings. The van der Waals surface area contributed by atoms with E-state index in [1.807, 2.05) is 60.7 Å². The number of rotatable bonds is 19. The van der Waals surface area contributed by atoms with Gasteiger partial charge in [-0.2, -0.15) is 0 Å². The van der Waals surface area contributed by atoms with Gasteiger partial charge in [-0.25, -0.2) is 0 Å². The van der Waals surface area contributed by atoms with E-state index in [2.05, 4.69) is 233 Å². The second-order valence-corrected chi connectivity index (χ2v) is 19.3. The lowest BCUT2D eigenvalue weighted by Gasteiger charge is -2.27. The molecule has 0 bridgehead atoms. The average molecular weight is 1060 g/mol. The molecule has 11 aromatic carbocycles. The van der Waals surface area contributed by atoms with E-state index in [0.717, 1.165) is 125 Å². The second kappa shape index (κ2) is 24.1. The third-order valence-electron chi connectivity index (χ3n) is 14.7. The molecule has 0 aliphatic heterocycles. The monoisotopic (exact) mass is 1060 g/mol. The summed E-state index contributed by atoms with van der Waals surface area (Å²) in [5, 5.41) is 0. The number of ether oxygens (including phenoxy) is 5. The largest absolute Gasteiger partial charge is 0.497 e. The van der Waals surface area contributed by atoms with E-state index in [0.29, 0.717) is 0 Å². The van der Waals surface area contributed by atoms with E-state index in [4.69, 9.17) is 23.7 Å². The number of benzene rings is 11. The smallest absolute Gasteiger partial charge is 0.119 e. The van der Waals surface area contributed by atoms with Crippen LogP contribution in [0.5, 0.6) is 28.7 Å². The zero-order chi connectivity index (χ0) is 55.7. The highest BCUT2D eigenvalue weighted by Crippen LogP contribution is 2.42. The quantitative estimate of drug-likeness (QED) is 0.0788. The van der Waals surface area contributed by atoms with Crippen LogP contribution in [0.2, 0.25) is 0 Å². The maximum atomic E-state index is 5.57. The van der Waals surface area contributed by atoms with Crippen LogP contribution in [0, 0.1) is 0 Å². The number of nitrogens with zero attached hydrogens (tertiary/aromatic N) is 4. The lowest BCUT2D eigenvalue weighted by atomic mass is 10.0. The standard InChI is InChI=1S/C72H62N4O5/c1-73(58-31-41-68(77-2)42-32-58)57-19-7-51(8-20-57)52-9-21-59(22-10-52)74(64-33-43-69(78-3)44-34-64)60-23-11-53(12-24-60)54-13-25-61(26-14-54)75(65-35-45-70(79-4)46-36-65)62-27-15-55(16-28-62)56-17-29-63(30-18-56)76(66-37-47-71(80-5)48-38-66)67-39-49-72(81-6)50-40-67/h7-50H,1-6H3. The first-order chi connectivity index (χ1) is 39.8. The van der Waals surface area contributed by atoms with Gasteiger partial charge in [0.25, 0.3) is 0 Å². The number of hydrogen-bond donors (Lipinski definition) is 0. The van der Waals surface area contributed by atoms with E-state index in [9.17, 15) is 0 Å². The van der Waals surface area contributed by atoms with E-state index in [-0.39, 0.29) is 0 Å². The van der Waals surface area contributed by atoms with Gasteiger partial charge in [-0.05, 0) is 228 Å². The first-order valence-electron chi connectivity index (χ1n) is 26.8. The Labute approximate surface area is 475 Å². The summed E-state index contributed by atoms with van der Waals surface area (Å²) in [5.41, 5.74) is 18.1. The van der Waals surface area contributed by atoms with Crippen LogP contribution >= 0.6 is 0 Å². The molecule has 0 aromatic heterocycles. The highest BCUT2D eigenvalue weighted by Gasteiger charge is 2.18. The Morgan fingerprint density at radius 2 is 0.296 bits per heavy atom. The summed E-state index contributed by atoms with van der Waals surface area (Å²) in [6.07, 6.45) is 0. The van der Waals surface area contributed by atoms with Gasteiger partial charge in [-0.15, -0.1) is 0 Å². The van der Waals surface area contributed by atoms with Gasteiger partial charge in [0.05, 0.1) is 35.5 Å². The Bertz CT molecular complexity index is 3740. The van der Waals surface area contributed by atoms with Crippen molar-refractivity contribution in [3.8, 4) is 62.1 Å². The molecule has 0 atom stereocenters. The Morgan fingerprint density at radius 1 is 0.173 bits per heavy atom. The van der Waals surface area contributed by atoms with Crippen molar-refractivity contribution in [1.29, 1.82) is 0 Å². The third-order valence-corrected chi connectivity index (χ3v) is 14.7. The van der Waals surface area contributed by atoms with Gasteiger partial charge in [-0.3, -0.25) is 0 Å². The van der Waals surface area contributed by atoms with Gasteiger partial charge in [0.15, 0.2) is 0 Å². The number of hydrogen-bond acceptors (Lipinski definition) is 9. The van der Waals surface area contributed by atoms with Crippen molar-refractivity contribution in [3.63, 3.8) is 0 Å². The van der Waals surface area contributed by atoms with E-state index >= 15 is 0 Å². The van der Waals surface area contributed by atoms with Crippen molar-refractivity contribution in [2.24, 2.45) is 0 Å². The molecular weight excluding hydrogens is 1000 g/mol. The minimum absolute atomic E-state index is 0.799. The van der Waals surface area contributed by atoms with Gasteiger partial charge < -0.3 is 43.3 Å². The first kappa shape index (κ1) is 52.7. The van der Waals surface area contributed by atoms with Crippen molar-refractivity contribution in [2.45, 2.75) is 0 Å². The van der Waals surface area contributed by atoms with Crippen LogP contribution in [-0.2, 0) is 0 Å². The molecule has 0 spiro atoms. The molecule has 0 fully saturated rings. The molecule has 0 saturated carbocycles. The second-order valence-electron chi connectivity index (χ2n) is 19.3. The fourth-order valence-corrected chi connectivity index (χ4v) is 10.1. The maximum Gasteiger partial charge on any atom is 0.119 e. The zero-order valence-electron chi connectivity index (χ0n) is 46.2. The molecule has 0 aliphatic rings. The summed E-state index contributed by atoms with van der Waals surface area (Å²) in [6.45, 7) is 0. The molecule has 0 aliphatic carbocycles. The van der Waals surface area contributed by atoms with Gasteiger partial charge in [0, 0.05) is 69.6 Å². The van der Waals surface area contributed by atoms with Crippen LogP contribution in [0.25, 0.3) is 33.4 Å². The predicted molar refractivity (Wildman–Crippen MR) is 334 cm³/mol. The Hall–Kier alpha value is -10.4. The SMILES string of the molecule is COc1ccc(N(C)c2ccc(-c3ccc(N(c4ccc(OC)cc4)c4ccc(-c5ccc(N(c6ccc(OC)cc6)c6ccc(-c7ccc(N(c8ccc(OC)cc8)c8ccc(OC)cc8)cc7)cc6)cc5)cc4)cc3)cc2)cc1. The molecule has 9 nitrogen and oxygen atoms in total. The average Bonchev–Trinajstić information content (AvgIpc) is 3.57. The Morgan fingerprint density at radius 3 is 0.444 bits per heavy atom. The summed E-state index contributed by atoms with van der Waals surface area (Å²) < 4.78 is 27.4. The van der Waals surface area contributed by atoms with Crippen molar-refractivity contribution in [1.82, 2.24) is 0 Å². The summed E-state index contributed by atoms with van der Waals surface area (Å²) >= 11 is 0. The van der Waals surface area contributed by atoms with E-state index in [1.54, 1.807) is 35.5 Å². The lowest BCUT2D eigenvalue weighted by Crippen LogP contribution is -2.10. The summed E-state index contributed by atoms with van der Waals surface area (Å²) in [4.78, 5) is 8.94. The molecule has 11 rings (SSSR count). The van der Waals surface area contributed by atoms with Crippen LogP contribution in [-0.4, -0.2) is 42.6 Å².